The standard InChI is InChI=1S/C46H60O4S3/c1-25-27(3)39(51-37(25)35-31(47-43(7,8)9)21-19-22-32(35)48-44(10,11)12)41-29(5)30(6)42(53-41)40-28(4)26(2)38(52-40)36-33(49-45(13,14)15)23-20-24-34(36)50-46(16,17)18/h19-24H,1-18H3. The molecule has 0 N–H and O–H groups in total. The third-order valence-electron chi connectivity index (χ3n) is 8.85. The molecule has 0 saturated heterocycles. The molecule has 0 aliphatic heterocycles. The van der Waals surface area contributed by atoms with Gasteiger partial charge in [0.25, 0.3) is 0 Å². The number of hydrogen-bond donors (Lipinski definition) is 0. The number of thiophene rings is 3. The predicted octanol–water partition coefficient (Wildman–Crippen LogP) is 15.1. The molecule has 3 aromatic heterocycles. The van der Waals surface area contributed by atoms with Gasteiger partial charge in [-0.25, -0.2) is 0 Å². The summed E-state index contributed by atoms with van der Waals surface area (Å²) in [7, 11) is 0. The van der Waals surface area contributed by atoms with E-state index in [1.807, 2.05) is 46.1 Å². The van der Waals surface area contributed by atoms with Gasteiger partial charge in [-0.1, -0.05) is 12.1 Å². The Balaban J connectivity index is 1.69. The molecule has 0 amide bonds. The van der Waals surface area contributed by atoms with Crippen LogP contribution in [0.2, 0.25) is 0 Å². The van der Waals surface area contributed by atoms with Crippen LogP contribution in [0.5, 0.6) is 23.0 Å². The molecule has 2 aromatic carbocycles. The van der Waals surface area contributed by atoms with E-state index < -0.39 is 0 Å². The smallest absolute Gasteiger partial charge is 0.132 e. The number of rotatable bonds is 8. The first-order chi connectivity index (χ1) is 24.3. The van der Waals surface area contributed by atoms with Crippen LogP contribution in [-0.2, 0) is 0 Å². The summed E-state index contributed by atoms with van der Waals surface area (Å²) in [5.74, 6) is 3.38. The minimum Gasteiger partial charge on any atom is -0.487 e. The van der Waals surface area contributed by atoms with Crippen molar-refractivity contribution in [3.63, 3.8) is 0 Å². The van der Waals surface area contributed by atoms with Gasteiger partial charge in [0.2, 0.25) is 0 Å². The van der Waals surface area contributed by atoms with Gasteiger partial charge in [0.15, 0.2) is 0 Å². The number of benzene rings is 2. The van der Waals surface area contributed by atoms with E-state index in [9.17, 15) is 0 Å². The molecular formula is C46H60O4S3. The summed E-state index contributed by atoms with van der Waals surface area (Å²) in [6.45, 7) is 38.7. The molecule has 5 aromatic rings. The molecule has 7 heteroatoms. The zero-order valence-corrected chi connectivity index (χ0v) is 37.8. The van der Waals surface area contributed by atoms with Gasteiger partial charge >= 0.3 is 0 Å². The lowest BCUT2D eigenvalue weighted by atomic mass is 10.0. The van der Waals surface area contributed by atoms with Gasteiger partial charge in [-0.05, 0) is 182 Å². The fraction of sp³-hybridized carbons (Fsp3) is 0.478. The summed E-state index contributed by atoms with van der Waals surface area (Å²) >= 11 is 5.60. The number of hydrogen-bond acceptors (Lipinski definition) is 7. The monoisotopic (exact) mass is 772 g/mol. The molecule has 0 aliphatic rings. The first-order valence-corrected chi connectivity index (χ1v) is 21.0. The van der Waals surface area contributed by atoms with Crippen molar-refractivity contribution in [3.05, 3.63) is 69.8 Å². The molecule has 0 aliphatic carbocycles. The lowest BCUT2D eigenvalue weighted by Gasteiger charge is -2.27. The molecule has 4 nitrogen and oxygen atoms in total. The molecule has 0 fully saturated rings. The maximum atomic E-state index is 6.60. The summed E-state index contributed by atoms with van der Waals surface area (Å²) in [6.07, 6.45) is 0. The summed E-state index contributed by atoms with van der Waals surface area (Å²) < 4.78 is 26.4. The van der Waals surface area contributed by atoms with Gasteiger partial charge in [-0.2, -0.15) is 0 Å². The van der Waals surface area contributed by atoms with E-state index in [1.165, 1.54) is 62.6 Å². The van der Waals surface area contributed by atoms with Gasteiger partial charge in [0.1, 0.15) is 45.4 Å². The van der Waals surface area contributed by atoms with Crippen LogP contribution in [0.25, 0.3) is 40.4 Å². The Kier molecular flexibility index (Phi) is 11.1. The summed E-state index contributed by atoms with van der Waals surface area (Å²) in [4.78, 5) is 7.63. The first kappa shape index (κ1) is 40.9. The Bertz CT molecular complexity index is 1910. The molecule has 0 unspecified atom stereocenters. The van der Waals surface area contributed by atoms with Crippen molar-refractivity contribution in [2.24, 2.45) is 0 Å². The van der Waals surface area contributed by atoms with Crippen LogP contribution in [0.15, 0.2) is 36.4 Å². The highest BCUT2D eigenvalue weighted by molar-refractivity contribution is 7.28. The number of ether oxygens (including phenoxy) is 4. The van der Waals surface area contributed by atoms with Crippen molar-refractivity contribution in [1.82, 2.24) is 0 Å². The van der Waals surface area contributed by atoms with E-state index in [4.69, 9.17) is 18.9 Å². The largest absolute Gasteiger partial charge is 0.487 e. The molecule has 5 rings (SSSR count). The van der Waals surface area contributed by atoms with Crippen molar-refractivity contribution in [3.8, 4) is 63.4 Å². The van der Waals surface area contributed by atoms with Crippen LogP contribution in [0.3, 0.4) is 0 Å². The van der Waals surface area contributed by atoms with Crippen molar-refractivity contribution in [2.45, 2.75) is 147 Å². The van der Waals surface area contributed by atoms with Gasteiger partial charge in [0, 0.05) is 29.3 Å². The van der Waals surface area contributed by atoms with Crippen molar-refractivity contribution in [1.29, 1.82) is 0 Å². The Labute approximate surface area is 331 Å². The SMILES string of the molecule is Cc1c(-c2sc(-c3c(OC(C)(C)C)cccc3OC(C)(C)C)c(C)c2C)sc(-c2sc(-c3c(OC(C)(C)C)cccc3OC(C)(C)C)c(C)c2C)c1C. The van der Waals surface area contributed by atoms with Crippen molar-refractivity contribution >= 4 is 34.0 Å². The lowest BCUT2D eigenvalue weighted by molar-refractivity contribution is 0.122. The Hall–Kier alpha value is -3.26. The molecule has 0 bridgehead atoms. The van der Waals surface area contributed by atoms with E-state index in [1.54, 1.807) is 0 Å². The lowest BCUT2D eigenvalue weighted by Crippen LogP contribution is -2.25. The van der Waals surface area contributed by atoms with Crippen LogP contribution in [0, 0.1) is 41.5 Å². The molecule has 286 valence electrons. The summed E-state index contributed by atoms with van der Waals surface area (Å²) in [5.41, 5.74) is 8.38. The maximum Gasteiger partial charge on any atom is 0.132 e. The second-order valence-electron chi connectivity index (χ2n) is 18.1. The highest BCUT2D eigenvalue weighted by Crippen LogP contribution is 2.55. The highest BCUT2D eigenvalue weighted by atomic mass is 32.1. The minimum absolute atomic E-state index is 0.358. The zero-order chi connectivity index (χ0) is 39.6. The Morgan fingerprint density at radius 3 is 0.717 bits per heavy atom. The Morgan fingerprint density at radius 1 is 0.321 bits per heavy atom. The fourth-order valence-corrected chi connectivity index (χ4v) is 10.8. The van der Waals surface area contributed by atoms with E-state index in [0.29, 0.717) is 0 Å². The van der Waals surface area contributed by atoms with Crippen molar-refractivity contribution in [2.75, 3.05) is 0 Å². The molecule has 0 spiro atoms. The van der Waals surface area contributed by atoms with Gasteiger partial charge in [-0.15, -0.1) is 34.0 Å². The van der Waals surface area contributed by atoms with E-state index in [0.717, 1.165) is 34.1 Å². The molecular weight excluding hydrogens is 713 g/mol. The topological polar surface area (TPSA) is 36.9 Å². The molecule has 53 heavy (non-hydrogen) atoms. The summed E-state index contributed by atoms with van der Waals surface area (Å²) in [6, 6.07) is 12.4. The minimum atomic E-state index is -0.358. The van der Waals surface area contributed by atoms with E-state index in [2.05, 4.69) is 149 Å². The molecule has 0 saturated carbocycles. The van der Waals surface area contributed by atoms with Crippen LogP contribution < -0.4 is 18.9 Å². The van der Waals surface area contributed by atoms with Crippen LogP contribution >= 0.6 is 34.0 Å². The van der Waals surface area contributed by atoms with E-state index >= 15 is 0 Å². The third-order valence-corrected chi connectivity index (χ3v) is 13.4. The molecule has 0 radical (unpaired) electrons. The van der Waals surface area contributed by atoms with Gasteiger partial charge in [-0.3, -0.25) is 0 Å². The average Bonchev–Trinajstić information content (AvgIpc) is 3.55. The summed E-state index contributed by atoms with van der Waals surface area (Å²) in [5, 5.41) is 0. The van der Waals surface area contributed by atoms with Gasteiger partial charge in [0.05, 0.1) is 11.1 Å². The van der Waals surface area contributed by atoms with Crippen LogP contribution in [-0.4, -0.2) is 22.4 Å². The maximum absolute atomic E-state index is 6.60. The normalized spacial score (nSPS) is 12.7. The fourth-order valence-electron chi connectivity index (χ4n) is 6.26. The van der Waals surface area contributed by atoms with Crippen LogP contribution in [0.1, 0.15) is 116 Å². The van der Waals surface area contributed by atoms with Crippen LogP contribution in [0.4, 0.5) is 0 Å². The Morgan fingerprint density at radius 2 is 0.509 bits per heavy atom. The van der Waals surface area contributed by atoms with Crippen molar-refractivity contribution < 1.29 is 18.9 Å². The average molecular weight is 773 g/mol. The van der Waals surface area contributed by atoms with Gasteiger partial charge < -0.3 is 18.9 Å². The molecule has 0 atom stereocenters. The predicted molar refractivity (Wildman–Crippen MR) is 232 cm³/mol. The second kappa shape index (κ2) is 14.4. The highest BCUT2D eigenvalue weighted by Gasteiger charge is 2.30. The first-order valence-electron chi connectivity index (χ1n) is 18.6. The quantitative estimate of drug-likeness (QED) is 0.157. The van der Waals surface area contributed by atoms with E-state index in [-0.39, 0.29) is 22.4 Å². The second-order valence-corrected chi connectivity index (χ2v) is 21.2. The molecule has 3 heterocycles. The zero-order valence-electron chi connectivity index (χ0n) is 35.3. The third kappa shape index (κ3) is 9.01.